The van der Waals surface area contributed by atoms with Gasteiger partial charge in [-0.25, -0.2) is 8.78 Å². The lowest BCUT2D eigenvalue weighted by atomic mass is 9.97. The molecule has 1 aromatic carbocycles. The lowest BCUT2D eigenvalue weighted by Gasteiger charge is -2.34. The Morgan fingerprint density at radius 3 is 2.68 bits per heavy atom. The van der Waals surface area contributed by atoms with Crippen LogP contribution in [0, 0.1) is 11.6 Å². The zero-order chi connectivity index (χ0) is 13.3. The monoisotopic (exact) mass is 266 g/mol. The molecule has 0 bridgehead atoms. The van der Waals surface area contributed by atoms with E-state index >= 15 is 0 Å². The van der Waals surface area contributed by atoms with Crippen molar-refractivity contribution in [1.82, 2.24) is 5.32 Å². The molecular formula is C15H20F2N2. The molecule has 1 saturated carbocycles. The third-order valence-corrected chi connectivity index (χ3v) is 4.43. The smallest absolute Gasteiger partial charge is 0.182 e. The highest BCUT2D eigenvalue weighted by molar-refractivity contribution is 5.49. The first-order valence-electron chi connectivity index (χ1n) is 7.14. The largest absolute Gasteiger partial charge is 0.367 e. The molecular weight excluding hydrogens is 246 g/mol. The van der Waals surface area contributed by atoms with E-state index in [1.807, 2.05) is 4.90 Å². The van der Waals surface area contributed by atoms with E-state index in [1.54, 1.807) is 12.1 Å². The molecule has 0 unspecified atom stereocenters. The maximum absolute atomic E-state index is 14.0. The van der Waals surface area contributed by atoms with Crippen molar-refractivity contribution >= 4 is 5.69 Å². The van der Waals surface area contributed by atoms with Crippen molar-refractivity contribution in [2.45, 2.75) is 37.6 Å². The number of hydrogen-bond donors (Lipinski definition) is 1. The summed E-state index contributed by atoms with van der Waals surface area (Å²) in [4.78, 5) is 2.02. The summed E-state index contributed by atoms with van der Waals surface area (Å²) in [5.41, 5.74) is 0.518. The summed E-state index contributed by atoms with van der Waals surface area (Å²) >= 11 is 0. The Morgan fingerprint density at radius 2 is 1.89 bits per heavy atom. The minimum Gasteiger partial charge on any atom is -0.367 e. The second-order valence-corrected chi connectivity index (χ2v) is 5.76. The number of nitrogens with zero attached hydrogens (tertiary/aromatic N) is 1. The van der Waals surface area contributed by atoms with Gasteiger partial charge >= 0.3 is 0 Å². The first kappa shape index (κ1) is 12.9. The standard InChI is InChI=1S/C15H20F2N2/c16-12-5-3-6-13(14(12)17)19-10-4-9-18-15(11-19)7-1-2-8-15/h3,5-6,18H,1-2,4,7-11H2. The van der Waals surface area contributed by atoms with Gasteiger partial charge in [-0.1, -0.05) is 18.9 Å². The van der Waals surface area contributed by atoms with Crippen LogP contribution in [0.25, 0.3) is 0 Å². The number of nitrogens with one attached hydrogen (secondary N) is 1. The summed E-state index contributed by atoms with van der Waals surface area (Å²) in [6, 6.07) is 4.46. The summed E-state index contributed by atoms with van der Waals surface area (Å²) in [6.45, 7) is 2.54. The van der Waals surface area contributed by atoms with Crippen LogP contribution in [0.1, 0.15) is 32.1 Å². The Bertz CT molecular complexity index is 455. The fourth-order valence-electron chi connectivity index (χ4n) is 3.45. The van der Waals surface area contributed by atoms with E-state index in [9.17, 15) is 8.78 Å². The molecule has 2 fully saturated rings. The van der Waals surface area contributed by atoms with Gasteiger partial charge in [0, 0.05) is 18.6 Å². The molecule has 2 nitrogen and oxygen atoms in total. The van der Waals surface area contributed by atoms with Gasteiger partial charge in [0.2, 0.25) is 0 Å². The molecule has 2 aliphatic rings. The maximum Gasteiger partial charge on any atom is 0.182 e. The maximum atomic E-state index is 14.0. The highest BCUT2D eigenvalue weighted by Gasteiger charge is 2.37. The number of halogens is 2. The lowest BCUT2D eigenvalue weighted by Crippen LogP contribution is -2.49. The molecule has 1 heterocycles. The average Bonchev–Trinajstić information content (AvgIpc) is 2.74. The fraction of sp³-hybridized carbons (Fsp3) is 0.600. The van der Waals surface area contributed by atoms with Gasteiger partial charge in [0.1, 0.15) is 0 Å². The highest BCUT2D eigenvalue weighted by Crippen LogP contribution is 2.34. The summed E-state index contributed by atoms with van der Waals surface area (Å²) in [7, 11) is 0. The Kier molecular flexibility index (Phi) is 3.44. The van der Waals surface area contributed by atoms with Crippen molar-refractivity contribution in [2.24, 2.45) is 0 Å². The van der Waals surface area contributed by atoms with E-state index in [0.29, 0.717) is 5.69 Å². The quantitative estimate of drug-likeness (QED) is 0.840. The topological polar surface area (TPSA) is 15.3 Å². The number of hydrogen-bond acceptors (Lipinski definition) is 2. The van der Waals surface area contributed by atoms with Gasteiger partial charge < -0.3 is 10.2 Å². The lowest BCUT2D eigenvalue weighted by molar-refractivity contribution is 0.353. The molecule has 1 aliphatic carbocycles. The fourth-order valence-corrected chi connectivity index (χ4v) is 3.45. The Morgan fingerprint density at radius 1 is 1.11 bits per heavy atom. The molecule has 19 heavy (non-hydrogen) atoms. The molecule has 1 aromatic rings. The van der Waals surface area contributed by atoms with Crippen molar-refractivity contribution in [3.8, 4) is 0 Å². The molecule has 1 N–H and O–H groups in total. The van der Waals surface area contributed by atoms with Crippen LogP contribution in [0.5, 0.6) is 0 Å². The predicted octanol–water partition coefficient (Wildman–Crippen LogP) is 3.08. The minimum atomic E-state index is -0.754. The van der Waals surface area contributed by atoms with Crippen molar-refractivity contribution in [1.29, 1.82) is 0 Å². The minimum absolute atomic E-state index is 0.106. The van der Waals surface area contributed by atoms with Crippen LogP contribution in [0.15, 0.2) is 18.2 Å². The molecule has 1 aliphatic heterocycles. The first-order chi connectivity index (χ1) is 9.20. The Hall–Kier alpha value is -1.16. The zero-order valence-electron chi connectivity index (χ0n) is 11.1. The van der Waals surface area contributed by atoms with Gasteiger partial charge in [-0.05, 0) is 37.9 Å². The van der Waals surface area contributed by atoms with Crippen molar-refractivity contribution in [3.63, 3.8) is 0 Å². The molecule has 0 radical (unpaired) electrons. The molecule has 0 amide bonds. The van der Waals surface area contributed by atoms with Crippen LogP contribution in [0.3, 0.4) is 0 Å². The van der Waals surface area contributed by atoms with E-state index in [0.717, 1.165) is 38.9 Å². The molecule has 4 heteroatoms. The molecule has 1 spiro atoms. The van der Waals surface area contributed by atoms with Crippen LogP contribution in [0.4, 0.5) is 14.5 Å². The summed E-state index contributed by atoms with van der Waals surface area (Å²) < 4.78 is 27.3. The van der Waals surface area contributed by atoms with Crippen LogP contribution in [-0.2, 0) is 0 Å². The summed E-state index contributed by atoms with van der Waals surface area (Å²) in [5.74, 6) is -1.47. The molecule has 1 saturated heterocycles. The second-order valence-electron chi connectivity index (χ2n) is 5.76. The average molecular weight is 266 g/mol. The van der Waals surface area contributed by atoms with E-state index in [-0.39, 0.29) is 5.54 Å². The van der Waals surface area contributed by atoms with Gasteiger partial charge in [-0.3, -0.25) is 0 Å². The van der Waals surface area contributed by atoms with E-state index in [1.165, 1.54) is 18.9 Å². The predicted molar refractivity (Wildman–Crippen MR) is 72.4 cm³/mol. The van der Waals surface area contributed by atoms with Gasteiger partial charge in [0.15, 0.2) is 11.6 Å². The third-order valence-electron chi connectivity index (χ3n) is 4.43. The normalized spacial score (nSPS) is 22.7. The van der Waals surface area contributed by atoms with Gasteiger partial charge in [-0.2, -0.15) is 0 Å². The highest BCUT2D eigenvalue weighted by atomic mass is 19.2. The van der Waals surface area contributed by atoms with Crippen LogP contribution in [0.2, 0.25) is 0 Å². The SMILES string of the molecule is Fc1cccc(N2CCCNC3(CCCC3)C2)c1F. The van der Waals surface area contributed by atoms with Crippen molar-refractivity contribution < 1.29 is 8.78 Å². The van der Waals surface area contributed by atoms with Gasteiger partial charge in [0.25, 0.3) is 0 Å². The zero-order valence-corrected chi connectivity index (χ0v) is 11.1. The van der Waals surface area contributed by atoms with Gasteiger partial charge in [-0.15, -0.1) is 0 Å². The molecule has 104 valence electrons. The number of anilines is 1. The summed E-state index contributed by atoms with van der Waals surface area (Å²) in [6.07, 6.45) is 5.71. The molecule has 0 aromatic heterocycles. The van der Waals surface area contributed by atoms with E-state index < -0.39 is 11.6 Å². The van der Waals surface area contributed by atoms with E-state index in [4.69, 9.17) is 0 Å². The van der Waals surface area contributed by atoms with Crippen LogP contribution in [-0.4, -0.2) is 25.2 Å². The van der Waals surface area contributed by atoms with E-state index in [2.05, 4.69) is 5.32 Å². The van der Waals surface area contributed by atoms with Crippen LogP contribution < -0.4 is 10.2 Å². The number of benzene rings is 1. The third kappa shape index (κ3) is 2.46. The second kappa shape index (κ2) is 5.08. The molecule has 0 atom stereocenters. The number of rotatable bonds is 1. The summed E-state index contributed by atoms with van der Waals surface area (Å²) in [5, 5.41) is 3.63. The van der Waals surface area contributed by atoms with Crippen molar-refractivity contribution in [3.05, 3.63) is 29.8 Å². The van der Waals surface area contributed by atoms with Crippen molar-refractivity contribution in [2.75, 3.05) is 24.5 Å². The molecule has 3 rings (SSSR count). The van der Waals surface area contributed by atoms with Gasteiger partial charge in [0.05, 0.1) is 5.69 Å². The first-order valence-corrected chi connectivity index (χ1v) is 7.14. The van der Waals surface area contributed by atoms with Crippen LogP contribution >= 0.6 is 0 Å². The Balaban J connectivity index is 1.88. The Labute approximate surface area is 112 Å².